The van der Waals surface area contributed by atoms with Gasteiger partial charge in [0.05, 0.1) is 19.2 Å². The summed E-state index contributed by atoms with van der Waals surface area (Å²) in [6.07, 6.45) is 2.04. The second-order valence-corrected chi connectivity index (χ2v) is 5.59. The fourth-order valence-electron chi connectivity index (χ4n) is 2.93. The number of hydrogen-bond donors (Lipinski definition) is 2. The molecule has 4 heteroatoms. The highest BCUT2D eigenvalue weighted by Gasteiger charge is 2.25. The molecule has 2 atom stereocenters. The fraction of sp³-hybridized carbons (Fsp3) is 0.562. The first-order valence-electron chi connectivity index (χ1n) is 7.31. The number of benzene rings is 1. The molecule has 0 aromatic heterocycles. The molecule has 2 rings (SSSR count). The first-order valence-corrected chi connectivity index (χ1v) is 7.31. The lowest BCUT2D eigenvalue weighted by Crippen LogP contribution is -2.41. The number of likely N-dealkylation sites (tertiary alicyclic amines) is 1. The Labute approximate surface area is 120 Å². The number of amides is 1. The van der Waals surface area contributed by atoms with Crippen molar-refractivity contribution in [3.63, 3.8) is 0 Å². The van der Waals surface area contributed by atoms with Crippen LogP contribution in [0, 0.1) is 6.92 Å². The number of aryl methyl sites for hydroxylation is 1. The molecule has 1 aliphatic heterocycles. The minimum Gasteiger partial charge on any atom is -0.395 e. The highest BCUT2D eigenvalue weighted by molar-refractivity contribution is 5.78. The van der Waals surface area contributed by atoms with Gasteiger partial charge in [-0.25, -0.2) is 0 Å². The molecule has 1 saturated heterocycles. The Kier molecular flexibility index (Phi) is 5.15. The Morgan fingerprint density at radius 3 is 2.95 bits per heavy atom. The van der Waals surface area contributed by atoms with Crippen LogP contribution in [0.1, 0.15) is 36.9 Å². The van der Waals surface area contributed by atoms with Crippen LogP contribution in [0.5, 0.6) is 0 Å². The zero-order chi connectivity index (χ0) is 14.5. The Balaban J connectivity index is 1.90. The quantitative estimate of drug-likeness (QED) is 0.859. The standard InChI is InChI=1S/C16H24N2O2/c1-12-6-3-4-8-15(12)13(2)17-16(20)10-18-9-5-7-14(18)11-19/h3-4,6,8,13-14,19H,5,7,9-11H2,1-2H3,(H,17,20)/t13?,14-/m0/s1. The topological polar surface area (TPSA) is 52.6 Å². The number of carbonyl (C=O) groups is 1. The summed E-state index contributed by atoms with van der Waals surface area (Å²) in [5.41, 5.74) is 2.34. The average Bonchev–Trinajstić information content (AvgIpc) is 2.86. The lowest BCUT2D eigenvalue weighted by molar-refractivity contribution is -0.123. The van der Waals surface area contributed by atoms with Crippen LogP contribution in [-0.2, 0) is 4.79 Å². The molecule has 0 spiro atoms. The summed E-state index contributed by atoms with van der Waals surface area (Å²) in [6, 6.07) is 8.26. The van der Waals surface area contributed by atoms with E-state index < -0.39 is 0 Å². The number of carbonyl (C=O) groups excluding carboxylic acids is 1. The lowest BCUT2D eigenvalue weighted by Gasteiger charge is -2.23. The normalized spacial score (nSPS) is 20.9. The Morgan fingerprint density at radius 1 is 1.50 bits per heavy atom. The lowest BCUT2D eigenvalue weighted by atomic mass is 10.0. The van der Waals surface area contributed by atoms with Crippen molar-refractivity contribution in [2.75, 3.05) is 19.7 Å². The summed E-state index contributed by atoms with van der Waals surface area (Å²) in [7, 11) is 0. The summed E-state index contributed by atoms with van der Waals surface area (Å²) in [4.78, 5) is 14.2. The summed E-state index contributed by atoms with van der Waals surface area (Å²) in [6.45, 7) is 5.48. The van der Waals surface area contributed by atoms with Gasteiger partial charge in [-0.05, 0) is 44.4 Å². The molecule has 2 N–H and O–H groups in total. The molecule has 1 fully saturated rings. The molecule has 0 bridgehead atoms. The number of rotatable bonds is 5. The molecule has 110 valence electrons. The zero-order valence-corrected chi connectivity index (χ0v) is 12.3. The third-order valence-electron chi connectivity index (χ3n) is 4.09. The van der Waals surface area contributed by atoms with E-state index in [1.165, 1.54) is 5.56 Å². The van der Waals surface area contributed by atoms with E-state index in [1.54, 1.807) is 0 Å². The molecule has 1 amide bonds. The van der Waals surface area contributed by atoms with Crippen LogP contribution in [0.4, 0.5) is 0 Å². The molecule has 0 saturated carbocycles. The average molecular weight is 276 g/mol. The predicted octanol–water partition coefficient (Wildman–Crippen LogP) is 1.63. The zero-order valence-electron chi connectivity index (χ0n) is 12.3. The Hall–Kier alpha value is -1.39. The highest BCUT2D eigenvalue weighted by Crippen LogP contribution is 2.18. The van der Waals surface area contributed by atoms with E-state index in [2.05, 4.69) is 23.2 Å². The van der Waals surface area contributed by atoms with Crippen LogP contribution < -0.4 is 5.32 Å². The van der Waals surface area contributed by atoms with Crippen LogP contribution in [0.25, 0.3) is 0 Å². The van der Waals surface area contributed by atoms with Gasteiger partial charge < -0.3 is 10.4 Å². The van der Waals surface area contributed by atoms with Crippen molar-refractivity contribution in [2.45, 2.75) is 38.8 Å². The molecule has 0 radical (unpaired) electrons. The first kappa shape index (κ1) is 15.0. The number of nitrogens with one attached hydrogen (secondary N) is 1. The van der Waals surface area contributed by atoms with Crippen molar-refractivity contribution >= 4 is 5.91 Å². The first-order chi connectivity index (χ1) is 9.61. The molecule has 1 heterocycles. The molecular weight excluding hydrogens is 252 g/mol. The molecule has 20 heavy (non-hydrogen) atoms. The van der Waals surface area contributed by atoms with Gasteiger partial charge in [-0.1, -0.05) is 24.3 Å². The van der Waals surface area contributed by atoms with Crippen molar-refractivity contribution in [1.29, 1.82) is 0 Å². The Bertz CT molecular complexity index is 462. The molecule has 1 aromatic carbocycles. The van der Waals surface area contributed by atoms with E-state index in [9.17, 15) is 9.90 Å². The van der Waals surface area contributed by atoms with Crippen LogP contribution in [0.2, 0.25) is 0 Å². The van der Waals surface area contributed by atoms with Gasteiger partial charge in [-0.3, -0.25) is 9.69 Å². The molecule has 4 nitrogen and oxygen atoms in total. The number of hydrogen-bond acceptors (Lipinski definition) is 3. The van der Waals surface area contributed by atoms with Gasteiger partial charge >= 0.3 is 0 Å². The highest BCUT2D eigenvalue weighted by atomic mass is 16.3. The minimum atomic E-state index is 0.0129. The molecular formula is C16H24N2O2. The van der Waals surface area contributed by atoms with Gasteiger partial charge in [0.15, 0.2) is 0 Å². The van der Waals surface area contributed by atoms with Crippen LogP contribution in [0.3, 0.4) is 0 Å². The minimum absolute atomic E-state index is 0.0129. The maximum absolute atomic E-state index is 12.1. The van der Waals surface area contributed by atoms with E-state index in [1.807, 2.05) is 25.1 Å². The molecule has 1 unspecified atom stereocenters. The van der Waals surface area contributed by atoms with Crippen molar-refractivity contribution in [1.82, 2.24) is 10.2 Å². The summed E-state index contributed by atoms with van der Waals surface area (Å²) >= 11 is 0. The molecule has 0 aliphatic carbocycles. The maximum Gasteiger partial charge on any atom is 0.234 e. The monoisotopic (exact) mass is 276 g/mol. The summed E-state index contributed by atoms with van der Waals surface area (Å²) < 4.78 is 0. The maximum atomic E-state index is 12.1. The number of aliphatic hydroxyl groups excluding tert-OH is 1. The fourth-order valence-corrected chi connectivity index (χ4v) is 2.93. The van der Waals surface area contributed by atoms with Gasteiger partial charge in [0.25, 0.3) is 0 Å². The van der Waals surface area contributed by atoms with Gasteiger partial charge in [0.1, 0.15) is 0 Å². The summed E-state index contributed by atoms with van der Waals surface area (Å²) in [5, 5.41) is 12.3. The number of aliphatic hydroxyl groups is 1. The molecule has 1 aromatic rings. The van der Waals surface area contributed by atoms with Gasteiger partial charge in [-0.15, -0.1) is 0 Å². The van der Waals surface area contributed by atoms with Crippen LogP contribution >= 0.6 is 0 Å². The largest absolute Gasteiger partial charge is 0.395 e. The second-order valence-electron chi connectivity index (χ2n) is 5.59. The van der Waals surface area contributed by atoms with E-state index in [0.717, 1.165) is 24.9 Å². The molecule has 1 aliphatic rings. The van der Waals surface area contributed by atoms with E-state index >= 15 is 0 Å². The third kappa shape index (κ3) is 3.58. The smallest absolute Gasteiger partial charge is 0.234 e. The van der Waals surface area contributed by atoms with E-state index in [0.29, 0.717) is 6.54 Å². The predicted molar refractivity (Wildman–Crippen MR) is 79.4 cm³/mol. The van der Waals surface area contributed by atoms with Crippen molar-refractivity contribution in [2.24, 2.45) is 0 Å². The van der Waals surface area contributed by atoms with Crippen LogP contribution in [0.15, 0.2) is 24.3 Å². The van der Waals surface area contributed by atoms with Gasteiger partial charge in [0, 0.05) is 6.04 Å². The van der Waals surface area contributed by atoms with Gasteiger partial charge in [-0.2, -0.15) is 0 Å². The third-order valence-corrected chi connectivity index (χ3v) is 4.09. The van der Waals surface area contributed by atoms with Crippen molar-refractivity contribution < 1.29 is 9.90 Å². The SMILES string of the molecule is Cc1ccccc1C(C)NC(=O)CN1CCC[C@H]1CO. The number of nitrogens with zero attached hydrogens (tertiary/aromatic N) is 1. The van der Waals surface area contributed by atoms with Crippen molar-refractivity contribution in [3.8, 4) is 0 Å². The van der Waals surface area contributed by atoms with E-state index in [-0.39, 0.29) is 24.6 Å². The summed E-state index contributed by atoms with van der Waals surface area (Å²) in [5.74, 6) is 0.0288. The van der Waals surface area contributed by atoms with Gasteiger partial charge in [0.2, 0.25) is 5.91 Å². The van der Waals surface area contributed by atoms with E-state index in [4.69, 9.17) is 0 Å². The van der Waals surface area contributed by atoms with Crippen LogP contribution in [-0.4, -0.2) is 41.7 Å². The van der Waals surface area contributed by atoms with Crippen molar-refractivity contribution in [3.05, 3.63) is 35.4 Å². The second kappa shape index (κ2) is 6.86. The Morgan fingerprint density at radius 2 is 2.25 bits per heavy atom.